The van der Waals surface area contributed by atoms with Crippen molar-refractivity contribution in [3.63, 3.8) is 0 Å². The van der Waals surface area contributed by atoms with E-state index in [2.05, 4.69) is 0 Å². The molecular formula is C12H22N2O3. The summed E-state index contributed by atoms with van der Waals surface area (Å²) in [6, 6.07) is -0.0390. The van der Waals surface area contributed by atoms with E-state index in [4.69, 9.17) is 15.2 Å². The summed E-state index contributed by atoms with van der Waals surface area (Å²) in [5, 5.41) is 0. The van der Waals surface area contributed by atoms with Crippen molar-refractivity contribution in [3.8, 4) is 0 Å². The van der Waals surface area contributed by atoms with Crippen LogP contribution in [0.25, 0.3) is 0 Å². The smallest absolute Gasteiger partial charge is 0.228 e. The molecule has 1 amide bonds. The maximum atomic E-state index is 12.3. The van der Waals surface area contributed by atoms with E-state index >= 15 is 0 Å². The van der Waals surface area contributed by atoms with Gasteiger partial charge in [-0.05, 0) is 20.3 Å². The van der Waals surface area contributed by atoms with Crippen LogP contribution in [0.3, 0.4) is 0 Å². The van der Waals surface area contributed by atoms with Crippen LogP contribution in [0, 0.1) is 5.92 Å². The first-order valence-electron chi connectivity index (χ1n) is 6.37. The van der Waals surface area contributed by atoms with E-state index in [0.29, 0.717) is 26.3 Å². The molecule has 5 heteroatoms. The van der Waals surface area contributed by atoms with Gasteiger partial charge in [-0.25, -0.2) is 0 Å². The highest BCUT2D eigenvalue weighted by Gasteiger charge is 2.36. The number of rotatable bonds is 2. The molecule has 2 heterocycles. The van der Waals surface area contributed by atoms with Gasteiger partial charge in [-0.1, -0.05) is 0 Å². The van der Waals surface area contributed by atoms with Crippen LogP contribution < -0.4 is 5.73 Å². The molecule has 2 aliphatic heterocycles. The number of nitrogens with zero attached hydrogens (tertiary/aromatic N) is 1. The van der Waals surface area contributed by atoms with Crippen molar-refractivity contribution in [2.45, 2.75) is 38.5 Å². The zero-order valence-corrected chi connectivity index (χ0v) is 10.6. The molecule has 98 valence electrons. The Bertz CT molecular complexity index is 283. The summed E-state index contributed by atoms with van der Waals surface area (Å²) in [5.74, 6) is 0.214. The van der Waals surface area contributed by atoms with Gasteiger partial charge in [0.25, 0.3) is 0 Å². The van der Waals surface area contributed by atoms with Gasteiger partial charge < -0.3 is 20.1 Å². The Balaban J connectivity index is 1.94. The van der Waals surface area contributed by atoms with Gasteiger partial charge in [0.2, 0.25) is 5.91 Å². The molecule has 2 fully saturated rings. The van der Waals surface area contributed by atoms with Gasteiger partial charge in [-0.2, -0.15) is 0 Å². The first-order chi connectivity index (χ1) is 8.09. The normalized spacial score (nSPS) is 35.9. The summed E-state index contributed by atoms with van der Waals surface area (Å²) in [4.78, 5) is 14.2. The average molecular weight is 242 g/mol. The summed E-state index contributed by atoms with van der Waals surface area (Å²) in [5.41, 5.74) is 5.82. The van der Waals surface area contributed by atoms with Crippen LogP contribution in [0.4, 0.5) is 0 Å². The topological polar surface area (TPSA) is 64.8 Å². The summed E-state index contributed by atoms with van der Waals surface area (Å²) in [6.45, 7) is 6.45. The van der Waals surface area contributed by atoms with E-state index in [9.17, 15) is 4.79 Å². The van der Waals surface area contributed by atoms with E-state index in [1.807, 2.05) is 18.7 Å². The third-order valence-corrected chi connectivity index (χ3v) is 3.69. The Labute approximate surface area is 102 Å². The van der Waals surface area contributed by atoms with Crippen molar-refractivity contribution in [2.75, 3.05) is 26.3 Å². The van der Waals surface area contributed by atoms with Crippen LogP contribution in [-0.2, 0) is 14.3 Å². The van der Waals surface area contributed by atoms with E-state index in [1.165, 1.54) is 0 Å². The number of hydrogen-bond acceptors (Lipinski definition) is 4. The van der Waals surface area contributed by atoms with Crippen molar-refractivity contribution < 1.29 is 14.3 Å². The summed E-state index contributed by atoms with van der Waals surface area (Å²) < 4.78 is 11.0. The van der Waals surface area contributed by atoms with Crippen LogP contribution >= 0.6 is 0 Å². The summed E-state index contributed by atoms with van der Waals surface area (Å²) >= 11 is 0. The van der Waals surface area contributed by atoms with Crippen LogP contribution in [0.1, 0.15) is 20.3 Å². The molecule has 2 N–H and O–H groups in total. The first kappa shape index (κ1) is 12.8. The third-order valence-electron chi connectivity index (χ3n) is 3.69. The lowest BCUT2D eigenvalue weighted by molar-refractivity contribution is -0.145. The third kappa shape index (κ3) is 2.78. The van der Waals surface area contributed by atoms with Crippen molar-refractivity contribution >= 4 is 5.91 Å². The quantitative estimate of drug-likeness (QED) is 0.739. The standard InChI is InChI=1S/C12H22N2O3/c1-8(13)11-7-14(4-6-17-11)12(15)10-3-5-16-9(10)2/h8-11H,3-7,13H2,1-2H3. The zero-order valence-electron chi connectivity index (χ0n) is 10.6. The molecule has 2 saturated heterocycles. The second kappa shape index (κ2) is 5.33. The number of ether oxygens (including phenoxy) is 2. The Morgan fingerprint density at radius 1 is 1.41 bits per heavy atom. The van der Waals surface area contributed by atoms with Gasteiger partial charge >= 0.3 is 0 Å². The minimum atomic E-state index is -0.0390. The maximum Gasteiger partial charge on any atom is 0.228 e. The van der Waals surface area contributed by atoms with Crippen molar-refractivity contribution in [1.82, 2.24) is 4.90 Å². The molecule has 5 nitrogen and oxygen atoms in total. The van der Waals surface area contributed by atoms with Gasteiger partial charge in [-0.15, -0.1) is 0 Å². The minimum absolute atomic E-state index is 0.0156. The lowest BCUT2D eigenvalue weighted by Crippen LogP contribution is -2.53. The van der Waals surface area contributed by atoms with E-state index in [0.717, 1.165) is 6.42 Å². The lowest BCUT2D eigenvalue weighted by atomic mass is 10.00. The van der Waals surface area contributed by atoms with Crippen LogP contribution in [0.2, 0.25) is 0 Å². The predicted octanol–water partition coefficient (Wildman–Crippen LogP) is -0.0140. The molecule has 2 rings (SSSR count). The van der Waals surface area contributed by atoms with Gasteiger partial charge in [0.15, 0.2) is 0 Å². The maximum absolute atomic E-state index is 12.3. The Kier molecular flexibility index (Phi) is 4.01. The molecule has 0 aromatic rings. The molecule has 0 aromatic heterocycles. The highest BCUT2D eigenvalue weighted by Crippen LogP contribution is 2.23. The fourth-order valence-electron chi connectivity index (χ4n) is 2.48. The number of hydrogen-bond donors (Lipinski definition) is 1. The number of morpholine rings is 1. The molecule has 0 bridgehead atoms. The molecule has 0 aliphatic carbocycles. The first-order valence-corrected chi connectivity index (χ1v) is 6.37. The van der Waals surface area contributed by atoms with Gasteiger partial charge in [0.05, 0.1) is 24.7 Å². The largest absolute Gasteiger partial charge is 0.378 e. The van der Waals surface area contributed by atoms with Crippen molar-refractivity contribution in [3.05, 3.63) is 0 Å². The highest BCUT2D eigenvalue weighted by atomic mass is 16.5. The fourth-order valence-corrected chi connectivity index (χ4v) is 2.48. The van der Waals surface area contributed by atoms with Gasteiger partial charge in [-0.3, -0.25) is 4.79 Å². The van der Waals surface area contributed by atoms with Crippen LogP contribution in [-0.4, -0.2) is 55.4 Å². The number of amides is 1. The van der Waals surface area contributed by atoms with Crippen molar-refractivity contribution in [2.24, 2.45) is 11.7 Å². The molecular weight excluding hydrogens is 220 g/mol. The molecule has 0 aromatic carbocycles. The second-order valence-corrected chi connectivity index (χ2v) is 5.02. The number of carbonyl (C=O) groups is 1. The number of carbonyl (C=O) groups excluding carboxylic acids is 1. The molecule has 0 radical (unpaired) electrons. The molecule has 4 unspecified atom stereocenters. The minimum Gasteiger partial charge on any atom is -0.378 e. The Morgan fingerprint density at radius 2 is 2.18 bits per heavy atom. The SMILES string of the molecule is CC(N)C1CN(C(=O)C2CCOC2C)CCO1. The van der Waals surface area contributed by atoms with Crippen LogP contribution in [0.15, 0.2) is 0 Å². The molecule has 17 heavy (non-hydrogen) atoms. The summed E-state index contributed by atoms with van der Waals surface area (Å²) in [7, 11) is 0. The monoisotopic (exact) mass is 242 g/mol. The van der Waals surface area contributed by atoms with Crippen molar-refractivity contribution in [1.29, 1.82) is 0 Å². The van der Waals surface area contributed by atoms with E-state index < -0.39 is 0 Å². The summed E-state index contributed by atoms with van der Waals surface area (Å²) in [6.07, 6.45) is 0.838. The predicted molar refractivity (Wildman–Crippen MR) is 63.5 cm³/mol. The van der Waals surface area contributed by atoms with E-state index in [1.54, 1.807) is 0 Å². The molecule has 0 spiro atoms. The molecule has 0 saturated carbocycles. The molecule has 2 aliphatic rings. The zero-order chi connectivity index (χ0) is 12.4. The Morgan fingerprint density at radius 3 is 2.76 bits per heavy atom. The highest BCUT2D eigenvalue weighted by molar-refractivity contribution is 5.79. The van der Waals surface area contributed by atoms with Gasteiger partial charge in [0.1, 0.15) is 0 Å². The lowest BCUT2D eigenvalue weighted by Gasteiger charge is -2.36. The van der Waals surface area contributed by atoms with E-state index in [-0.39, 0.29) is 30.1 Å². The molecule has 4 atom stereocenters. The van der Waals surface area contributed by atoms with Crippen LogP contribution in [0.5, 0.6) is 0 Å². The number of nitrogens with two attached hydrogens (primary N) is 1. The second-order valence-electron chi connectivity index (χ2n) is 5.02. The fraction of sp³-hybridized carbons (Fsp3) is 0.917. The van der Waals surface area contributed by atoms with Gasteiger partial charge in [0, 0.05) is 25.7 Å². The average Bonchev–Trinajstić information content (AvgIpc) is 2.74. The Hall–Kier alpha value is -0.650.